The average molecular weight is 354 g/mol. The number of piperazine rings is 1. The Kier molecular flexibility index (Phi) is 5.28. The van der Waals surface area contributed by atoms with Crippen molar-refractivity contribution in [1.82, 2.24) is 9.80 Å². The molecule has 2 aliphatic carbocycles. The largest absolute Gasteiger partial charge is 0.339 e. The van der Waals surface area contributed by atoms with Crippen LogP contribution in [0.1, 0.15) is 55.2 Å². The zero-order chi connectivity index (χ0) is 17.9. The van der Waals surface area contributed by atoms with Gasteiger partial charge in [-0.05, 0) is 55.2 Å². The lowest BCUT2D eigenvalue weighted by atomic mass is 9.90. The Morgan fingerprint density at radius 3 is 2.23 bits per heavy atom. The highest BCUT2D eigenvalue weighted by Gasteiger charge is 2.30. The molecule has 0 atom stereocenters. The molecule has 1 aromatic carbocycles. The maximum absolute atomic E-state index is 12.7. The summed E-state index contributed by atoms with van der Waals surface area (Å²) in [5, 5.41) is 0. The quantitative estimate of drug-likeness (QED) is 0.837. The standard InChI is InChI=1S/C22H30N2O2/c25-21(16-17-9-10-18-5-1-4-8-20(18)15-17)23-11-13-24(14-12-23)22(26)19-6-2-3-7-19/h9-10,15,19H,1-8,11-14,16H2. The van der Waals surface area contributed by atoms with Gasteiger partial charge in [-0.1, -0.05) is 31.0 Å². The van der Waals surface area contributed by atoms with E-state index in [1.54, 1.807) is 0 Å². The van der Waals surface area contributed by atoms with Gasteiger partial charge in [0.25, 0.3) is 0 Å². The van der Waals surface area contributed by atoms with Crippen LogP contribution in [-0.4, -0.2) is 47.8 Å². The molecule has 0 N–H and O–H groups in total. The molecule has 2 fully saturated rings. The van der Waals surface area contributed by atoms with Gasteiger partial charge in [-0.3, -0.25) is 9.59 Å². The molecule has 26 heavy (non-hydrogen) atoms. The number of hydrogen-bond acceptors (Lipinski definition) is 2. The van der Waals surface area contributed by atoms with Crippen LogP contribution in [0.15, 0.2) is 18.2 Å². The lowest BCUT2D eigenvalue weighted by molar-refractivity contribution is -0.141. The van der Waals surface area contributed by atoms with Crippen molar-refractivity contribution in [3.05, 3.63) is 34.9 Å². The Morgan fingerprint density at radius 1 is 0.846 bits per heavy atom. The summed E-state index contributed by atoms with van der Waals surface area (Å²) in [6.45, 7) is 2.76. The molecule has 4 rings (SSSR count). The summed E-state index contributed by atoms with van der Waals surface area (Å²) in [6, 6.07) is 6.59. The van der Waals surface area contributed by atoms with Gasteiger partial charge in [0.05, 0.1) is 6.42 Å². The van der Waals surface area contributed by atoms with E-state index in [9.17, 15) is 9.59 Å². The predicted octanol–water partition coefficient (Wildman–Crippen LogP) is 2.97. The third-order valence-corrected chi connectivity index (χ3v) is 6.42. The van der Waals surface area contributed by atoms with Crippen molar-refractivity contribution in [3.8, 4) is 0 Å². The molecular formula is C22H30N2O2. The van der Waals surface area contributed by atoms with Gasteiger partial charge >= 0.3 is 0 Å². The third-order valence-electron chi connectivity index (χ3n) is 6.42. The Morgan fingerprint density at radius 2 is 1.50 bits per heavy atom. The number of aryl methyl sites for hydroxylation is 2. The smallest absolute Gasteiger partial charge is 0.227 e. The fourth-order valence-corrected chi connectivity index (χ4v) is 4.79. The Labute approximate surface area is 156 Å². The van der Waals surface area contributed by atoms with Crippen LogP contribution in [0.3, 0.4) is 0 Å². The van der Waals surface area contributed by atoms with Gasteiger partial charge in [-0.15, -0.1) is 0 Å². The summed E-state index contributed by atoms with van der Waals surface area (Å²) in [5.41, 5.74) is 4.04. The second-order valence-electron chi connectivity index (χ2n) is 8.17. The molecule has 1 aliphatic heterocycles. The van der Waals surface area contributed by atoms with Crippen LogP contribution in [0.4, 0.5) is 0 Å². The van der Waals surface area contributed by atoms with Gasteiger partial charge in [0.2, 0.25) is 11.8 Å². The van der Waals surface area contributed by atoms with E-state index in [4.69, 9.17) is 0 Å². The average Bonchev–Trinajstić information content (AvgIpc) is 3.22. The maximum Gasteiger partial charge on any atom is 0.227 e. The molecule has 3 aliphatic rings. The predicted molar refractivity (Wildman–Crippen MR) is 102 cm³/mol. The normalized spacial score (nSPS) is 20.9. The molecule has 0 aromatic heterocycles. The summed E-state index contributed by atoms with van der Waals surface area (Å²) in [7, 11) is 0. The third kappa shape index (κ3) is 3.79. The summed E-state index contributed by atoms with van der Waals surface area (Å²) in [5.74, 6) is 0.769. The van der Waals surface area contributed by atoms with E-state index in [1.807, 2.05) is 9.80 Å². The zero-order valence-corrected chi connectivity index (χ0v) is 15.7. The molecule has 2 amide bonds. The Bertz CT molecular complexity index is 671. The molecule has 0 spiro atoms. The van der Waals surface area contributed by atoms with Gasteiger partial charge in [0.15, 0.2) is 0 Å². The topological polar surface area (TPSA) is 40.6 Å². The summed E-state index contributed by atoms with van der Waals surface area (Å²) >= 11 is 0. The number of rotatable bonds is 3. The number of amides is 2. The fourth-order valence-electron chi connectivity index (χ4n) is 4.79. The van der Waals surface area contributed by atoms with Crippen LogP contribution in [0, 0.1) is 5.92 Å². The maximum atomic E-state index is 12.7. The van der Waals surface area contributed by atoms with Crippen molar-refractivity contribution in [1.29, 1.82) is 0 Å². The van der Waals surface area contributed by atoms with Crippen molar-refractivity contribution in [2.75, 3.05) is 26.2 Å². The number of nitrogens with zero attached hydrogens (tertiary/aromatic N) is 2. The van der Waals surface area contributed by atoms with Crippen molar-refractivity contribution < 1.29 is 9.59 Å². The zero-order valence-electron chi connectivity index (χ0n) is 15.7. The molecule has 0 unspecified atom stereocenters. The Hall–Kier alpha value is -1.84. The number of benzene rings is 1. The van der Waals surface area contributed by atoms with Crippen LogP contribution < -0.4 is 0 Å². The van der Waals surface area contributed by atoms with E-state index >= 15 is 0 Å². The first-order valence-corrected chi connectivity index (χ1v) is 10.4. The number of carbonyl (C=O) groups excluding carboxylic acids is 2. The number of fused-ring (bicyclic) bond motifs is 1. The van der Waals surface area contributed by atoms with Gasteiger partial charge in [0.1, 0.15) is 0 Å². The minimum Gasteiger partial charge on any atom is -0.339 e. The highest BCUT2D eigenvalue weighted by Crippen LogP contribution is 2.27. The van der Waals surface area contributed by atoms with Crippen LogP contribution in [0.25, 0.3) is 0 Å². The number of hydrogen-bond donors (Lipinski definition) is 0. The molecule has 1 saturated heterocycles. The molecule has 1 heterocycles. The van der Waals surface area contributed by atoms with Crippen molar-refractivity contribution in [2.24, 2.45) is 5.92 Å². The lowest BCUT2D eigenvalue weighted by Crippen LogP contribution is -2.52. The summed E-state index contributed by atoms with van der Waals surface area (Å²) in [6.07, 6.45) is 9.86. The minimum absolute atomic E-state index is 0.203. The molecule has 0 bridgehead atoms. The highest BCUT2D eigenvalue weighted by molar-refractivity contribution is 5.81. The summed E-state index contributed by atoms with van der Waals surface area (Å²) < 4.78 is 0. The van der Waals surface area contributed by atoms with Gasteiger partial charge < -0.3 is 9.80 Å². The van der Waals surface area contributed by atoms with Crippen molar-refractivity contribution in [2.45, 2.75) is 57.8 Å². The molecule has 4 heteroatoms. The van der Waals surface area contributed by atoms with Crippen LogP contribution >= 0.6 is 0 Å². The molecule has 4 nitrogen and oxygen atoms in total. The fraction of sp³-hybridized carbons (Fsp3) is 0.636. The van der Waals surface area contributed by atoms with Gasteiger partial charge in [0, 0.05) is 32.1 Å². The molecule has 0 radical (unpaired) electrons. The first kappa shape index (κ1) is 17.6. The monoisotopic (exact) mass is 354 g/mol. The van der Waals surface area contributed by atoms with E-state index in [2.05, 4.69) is 18.2 Å². The van der Waals surface area contributed by atoms with E-state index < -0.39 is 0 Å². The van der Waals surface area contributed by atoms with Gasteiger partial charge in [-0.25, -0.2) is 0 Å². The molecular weight excluding hydrogens is 324 g/mol. The Balaban J connectivity index is 1.30. The van der Waals surface area contributed by atoms with Crippen LogP contribution in [0.2, 0.25) is 0 Å². The first-order valence-electron chi connectivity index (χ1n) is 10.4. The molecule has 140 valence electrons. The summed E-state index contributed by atoms with van der Waals surface area (Å²) in [4.78, 5) is 29.1. The first-order chi connectivity index (χ1) is 12.7. The van der Waals surface area contributed by atoms with E-state index in [-0.39, 0.29) is 11.8 Å². The van der Waals surface area contributed by atoms with Gasteiger partial charge in [-0.2, -0.15) is 0 Å². The van der Waals surface area contributed by atoms with Crippen molar-refractivity contribution >= 4 is 11.8 Å². The second kappa shape index (κ2) is 7.81. The number of carbonyl (C=O) groups is 2. The second-order valence-corrected chi connectivity index (χ2v) is 8.17. The molecule has 1 aromatic rings. The van der Waals surface area contributed by atoms with E-state index in [1.165, 1.54) is 43.2 Å². The van der Waals surface area contributed by atoms with E-state index in [0.717, 1.165) is 24.8 Å². The van der Waals surface area contributed by atoms with Crippen LogP contribution in [-0.2, 0) is 28.9 Å². The minimum atomic E-state index is 0.203. The van der Waals surface area contributed by atoms with Crippen LogP contribution in [0.5, 0.6) is 0 Å². The highest BCUT2D eigenvalue weighted by atomic mass is 16.2. The molecule has 1 saturated carbocycles. The van der Waals surface area contributed by atoms with Crippen molar-refractivity contribution in [3.63, 3.8) is 0 Å². The SMILES string of the molecule is O=C(Cc1ccc2c(c1)CCCC2)N1CCN(C(=O)C2CCCC2)CC1. The van der Waals surface area contributed by atoms with E-state index in [0.29, 0.717) is 38.5 Å². The lowest BCUT2D eigenvalue weighted by Gasteiger charge is -2.36.